The molecule has 0 spiro atoms. The van der Waals surface area contributed by atoms with Crippen molar-refractivity contribution in [2.75, 3.05) is 5.75 Å². The number of thioether (sulfide) groups is 1. The average molecular weight is 334 g/mol. The first-order valence-electron chi connectivity index (χ1n) is 8.95. The van der Waals surface area contributed by atoms with Crippen LogP contribution in [0.5, 0.6) is 0 Å². The second-order valence-corrected chi connectivity index (χ2v) is 8.56. The third-order valence-electron chi connectivity index (χ3n) is 5.90. The molecule has 3 aliphatic carbocycles. The molecule has 1 aromatic rings. The highest BCUT2D eigenvalue weighted by Crippen LogP contribution is 2.49. The predicted molar refractivity (Wildman–Crippen MR) is 90.3 cm³/mol. The fraction of sp³-hybridized carbons (Fsp3) is 0.824. The minimum atomic E-state index is 0.133. The molecule has 0 unspecified atom stereocenters. The van der Waals surface area contributed by atoms with Crippen molar-refractivity contribution >= 4 is 17.7 Å². The van der Waals surface area contributed by atoms with E-state index in [9.17, 15) is 4.79 Å². The number of aromatic nitrogens is 3. The summed E-state index contributed by atoms with van der Waals surface area (Å²) in [4.78, 5) is 12.3. The zero-order valence-corrected chi connectivity index (χ0v) is 14.8. The van der Waals surface area contributed by atoms with E-state index >= 15 is 0 Å². The lowest BCUT2D eigenvalue weighted by Gasteiger charge is -2.28. The molecule has 0 aromatic carbocycles. The van der Waals surface area contributed by atoms with Crippen molar-refractivity contribution in [1.29, 1.82) is 0 Å². The molecule has 0 aliphatic heterocycles. The lowest BCUT2D eigenvalue weighted by molar-refractivity contribution is -0.119. The molecule has 3 fully saturated rings. The fourth-order valence-corrected chi connectivity index (χ4v) is 5.50. The normalized spacial score (nSPS) is 30.6. The molecule has 1 aromatic heterocycles. The number of hydrogen-bond acceptors (Lipinski definition) is 4. The van der Waals surface area contributed by atoms with E-state index in [1.165, 1.54) is 50.3 Å². The van der Waals surface area contributed by atoms with Crippen LogP contribution in [0.3, 0.4) is 0 Å². The topological polar surface area (TPSA) is 59.8 Å². The van der Waals surface area contributed by atoms with Crippen molar-refractivity contribution in [3.63, 3.8) is 0 Å². The summed E-state index contributed by atoms with van der Waals surface area (Å²) in [5.74, 6) is 4.01. The van der Waals surface area contributed by atoms with E-state index in [0.717, 1.165) is 22.8 Å². The SMILES string of the molecule is Cc1nnc(SCC(=O)N[C@H](C)[C@@H]2C[C@H]3CC[C@H]2C3)n1C1CC1. The summed E-state index contributed by atoms with van der Waals surface area (Å²) in [5, 5.41) is 12.5. The predicted octanol–water partition coefficient (Wildman–Crippen LogP) is 2.95. The van der Waals surface area contributed by atoms with Crippen molar-refractivity contribution in [1.82, 2.24) is 20.1 Å². The third kappa shape index (κ3) is 3.14. The molecule has 1 N–H and O–H groups in total. The van der Waals surface area contributed by atoms with Crippen LogP contribution in [0.4, 0.5) is 0 Å². The lowest BCUT2D eigenvalue weighted by Crippen LogP contribution is -2.40. The van der Waals surface area contributed by atoms with Gasteiger partial charge >= 0.3 is 0 Å². The van der Waals surface area contributed by atoms with Gasteiger partial charge < -0.3 is 9.88 Å². The van der Waals surface area contributed by atoms with Crippen LogP contribution in [-0.2, 0) is 4.79 Å². The smallest absolute Gasteiger partial charge is 0.230 e. The first kappa shape index (κ1) is 15.5. The molecule has 3 aliphatic rings. The van der Waals surface area contributed by atoms with E-state index in [0.29, 0.717) is 23.8 Å². The number of amides is 1. The molecular weight excluding hydrogens is 308 g/mol. The third-order valence-corrected chi connectivity index (χ3v) is 6.85. The Morgan fingerprint density at radius 2 is 2.13 bits per heavy atom. The molecule has 126 valence electrons. The lowest BCUT2D eigenvalue weighted by atomic mass is 9.84. The van der Waals surface area contributed by atoms with E-state index < -0.39 is 0 Å². The Morgan fingerprint density at radius 3 is 2.78 bits per heavy atom. The molecular formula is C17H26N4OS. The molecule has 1 amide bonds. The van der Waals surface area contributed by atoms with Crippen LogP contribution in [0.1, 0.15) is 57.3 Å². The Bertz CT molecular complexity index is 597. The minimum Gasteiger partial charge on any atom is -0.353 e. The van der Waals surface area contributed by atoms with Crippen LogP contribution in [0, 0.1) is 24.7 Å². The van der Waals surface area contributed by atoms with Crippen molar-refractivity contribution in [3.05, 3.63) is 5.82 Å². The Morgan fingerprint density at radius 1 is 1.30 bits per heavy atom. The minimum absolute atomic E-state index is 0.133. The molecule has 1 heterocycles. The first-order chi connectivity index (χ1) is 11.1. The zero-order chi connectivity index (χ0) is 16.0. The van der Waals surface area contributed by atoms with E-state index in [-0.39, 0.29) is 5.91 Å². The van der Waals surface area contributed by atoms with E-state index in [2.05, 4.69) is 27.0 Å². The van der Waals surface area contributed by atoms with Crippen LogP contribution >= 0.6 is 11.8 Å². The summed E-state index contributed by atoms with van der Waals surface area (Å²) in [6.07, 6.45) is 7.90. The number of carbonyl (C=O) groups is 1. The van der Waals surface area contributed by atoms with Gasteiger partial charge in [0.2, 0.25) is 5.91 Å². The summed E-state index contributed by atoms with van der Waals surface area (Å²) in [7, 11) is 0. The highest BCUT2D eigenvalue weighted by atomic mass is 32.2. The second-order valence-electron chi connectivity index (χ2n) is 7.61. The molecule has 2 bridgehead atoms. The fourth-order valence-electron chi connectivity index (χ4n) is 4.64. The van der Waals surface area contributed by atoms with Gasteiger partial charge in [0.1, 0.15) is 5.82 Å². The standard InChI is InChI=1S/C17H26N4OS/c1-10(15-8-12-3-4-13(15)7-12)18-16(22)9-23-17-20-19-11(2)21(17)14-5-6-14/h10,12-15H,3-9H2,1-2H3,(H,18,22)/t10-,12+,13+,15+/m1/s1. The zero-order valence-electron chi connectivity index (χ0n) is 14.0. The van der Waals surface area contributed by atoms with Crippen LogP contribution in [0.25, 0.3) is 0 Å². The molecule has 3 saturated carbocycles. The summed E-state index contributed by atoms with van der Waals surface area (Å²) in [6, 6.07) is 0.866. The van der Waals surface area contributed by atoms with E-state index in [1.807, 2.05) is 6.92 Å². The van der Waals surface area contributed by atoms with E-state index in [1.54, 1.807) is 0 Å². The van der Waals surface area contributed by atoms with Gasteiger partial charge in [-0.15, -0.1) is 10.2 Å². The molecule has 23 heavy (non-hydrogen) atoms. The number of nitrogens with zero attached hydrogens (tertiary/aromatic N) is 3. The Kier molecular flexibility index (Phi) is 4.12. The molecule has 6 heteroatoms. The molecule has 0 saturated heterocycles. The monoisotopic (exact) mass is 334 g/mol. The summed E-state index contributed by atoms with van der Waals surface area (Å²) in [6.45, 7) is 4.18. The number of aryl methyl sites for hydroxylation is 1. The van der Waals surface area contributed by atoms with Gasteiger partial charge in [-0.3, -0.25) is 4.79 Å². The van der Waals surface area contributed by atoms with Gasteiger partial charge in [0.15, 0.2) is 5.16 Å². The molecule has 4 atom stereocenters. The maximum Gasteiger partial charge on any atom is 0.230 e. The Labute approximate surface area is 142 Å². The second kappa shape index (κ2) is 6.11. The first-order valence-corrected chi connectivity index (χ1v) is 9.94. The van der Waals surface area contributed by atoms with Crippen LogP contribution in [-0.4, -0.2) is 32.5 Å². The van der Waals surface area contributed by atoms with E-state index in [4.69, 9.17) is 0 Å². The Balaban J connectivity index is 1.29. The van der Waals surface area contributed by atoms with Gasteiger partial charge in [-0.1, -0.05) is 18.2 Å². The number of carbonyl (C=O) groups excluding carboxylic acids is 1. The highest BCUT2D eigenvalue weighted by molar-refractivity contribution is 7.99. The van der Waals surface area contributed by atoms with Crippen molar-refractivity contribution in [3.8, 4) is 0 Å². The highest BCUT2D eigenvalue weighted by Gasteiger charge is 2.42. The average Bonchev–Trinajstić information content (AvgIpc) is 2.96. The van der Waals surface area contributed by atoms with Gasteiger partial charge in [-0.05, 0) is 63.7 Å². The number of hydrogen-bond donors (Lipinski definition) is 1. The quantitative estimate of drug-likeness (QED) is 0.813. The summed E-state index contributed by atoms with van der Waals surface area (Å²) < 4.78 is 2.19. The van der Waals surface area contributed by atoms with Crippen LogP contribution in [0.2, 0.25) is 0 Å². The van der Waals surface area contributed by atoms with Crippen LogP contribution < -0.4 is 5.32 Å². The van der Waals surface area contributed by atoms with Crippen molar-refractivity contribution in [2.24, 2.45) is 17.8 Å². The Hall–Kier alpha value is -1.04. The van der Waals surface area contributed by atoms with Gasteiger partial charge in [0, 0.05) is 12.1 Å². The van der Waals surface area contributed by atoms with Crippen molar-refractivity contribution < 1.29 is 4.79 Å². The van der Waals surface area contributed by atoms with Gasteiger partial charge in [0.05, 0.1) is 5.75 Å². The molecule has 0 radical (unpaired) electrons. The van der Waals surface area contributed by atoms with Gasteiger partial charge in [0.25, 0.3) is 0 Å². The number of rotatable bonds is 6. The maximum atomic E-state index is 12.3. The molecule has 5 nitrogen and oxygen atoms in total. The van der Waals surface area contributed by atoms with Gasteiger partial charge in [-0.2, -0.15) is 0 Å². The van der Waals surface area contributed by atoms with Crippen LogP contribution in [0.15, 0.2) is 5.16 Å². The molecule has 4 rings (SSSR count). The largest absolute Gasteiger partial charge is 0.353 e. The van der Waals surface area contributed by atoms with Crippen molar-refractivity contribution in [2.45, 2.75) is 69.6 Å². The van der Waals surface area contributed by atoms with Gasteiger partial charge in [-0.25, -0.2) is 0 Å². The number of nitrogens with one attached hydrogen (secondary N) is 1. The summed E-state index contributed by atoms with van der Waals surface area (Å²) >= 11 is 1.52. The summed E-state index contributed by atoms with van der Waals surface area (Å²) in [5.41, 5.74) is 0. The maximum absolute atomic E-state index is 12.3. The number of fused-ring (bicyclic) bond motifs is 2.